The fraction of sp³-hybridized carbons (Fsp3) is 0.500. The summed E-state index contributed by atoms with van der Waals surface area (Å²) < 4.78 is 37.1. The molecule has 0 heterocycles. The number of thioether (sulfide) groups is 1. The average molecular weight is 305 g/mol. The van der Waals surface area contributed by atoms with Crippen LogP contribution in [0.4, 0.5) is 13.2 Å². The van der Waals surface area contributed by atoms with Gasteiger partial charge >= 0.3 is 6.18 Å². The minimum Gasteiger partial charge on any atom is -0.333 e. The third-order valence-corrected chi connectivity index (χ3v) is 3.96. The molecule has 0 radical (unpaired) electrons. The third-order valence-electron chi connectivity index (χ3n) is 2.75. The van der Waals surface area contributed by atoms with E-state index in [2.05, 4.69) is 0 Å². The molecule has 1 aromatic carbocycles. The molecule has 0 bridgehead atoms. The van der Waals surface area contributed by atoms with Crippen LogP contribution >= 0.6 is 11.8 Å². The van der Waals surface area contributed by atoms with E-state index in [9.17, 15) is 18.0 Å². The molecule has 0 aromatic heterocycles. The van der Waals surface area contributed by atoms with Gasteiger partial charge < -0.3 is 4.90 Å². The van der Waals surface area contributed by atoms with Crippen LogP contribution < -0.4 is 0 Å². The van der Waals surface area contributed by atoms with Gasteiger partial charge in [-0.05, 0) is 19.4 Å². The zero-order chi connectivity index (χ0) is 15.2. The van der Waals surface area contributed by atoms with Crippen molar-refractivity contribution in [2.75, 3.05) is 13.1 Å². The monoisotopic (exact) mass is 305 g/mol. The Hall–Kier alpha value is -1.17. The maximum Gasteiger partial charge on any atom is 0.406 e. The summed E-state index contributed by atoms with van der Waals surface area (Å²) in [5.74, 6) is 0.142. The molecule has 0 N–H and O–H groups in total. The molecule has 1 amide bonds. The molecule has 1 unspecified atom stereocenters. The Kier molecular flexibility index (Phi) is 6.39. The molecule has 2 nitrogen and oxygen atoms in total. The maximum atomic E-state index is 12.4. The van der Waals surface area contributed by atoms with Gasteiger partial charge in [0, 0.05) is 12.3 Å². The highest BCUT2D eigenvalue weighted by Gasteiger charge is 2.33. The first kappa shape index (κ1) is 16.9. The van der Waals surface area contributed by atoms with Gasteiger partial charge in [-0.15, -0.1) is 11.8 Å². The number of halogens is 3. The van der Waals surface area contributed by atoms with Gasteiger partial charge in [-0.2, -0.15) is 13.2 Å². The van der Waals surface area contributed by atoms with Gasteiger partial charge in [-0.25, -0.2) is 0 Å². The summed E-state index contributed by atoms with van der Waals surface area (Å²) in [7, 11) is 0. The fourth-order valence-corrected chi connectivity index (χ4v) is 2.61. The molecule has 0 aliphatic rings. The molecule has 0 saturated heterocycles. The third kappa shape index (κ3) is 5.86. The van der Waals surface area contributed by atoms with E-state index in [-0.39, 0.29) is 6.54 Å². The van der Waals surface area contributed by atoms with Crippen LogP contribution in [0.1, 0.15) is 19.4 Å². The van der Waals surface area contributed by atoms with Gasteiger partial charge in [0.25, 0.3) is 0 Å². The number of carbonyl (C=O) groups excluding carboxylic acids is 1. The molecule has 0 spiro atoms. The van der Waals surface area contributed by atoms with Crippen LogP contribution in [0.5, 0.6) is 0 Å². The second kappa shape index (κ2) is 7.57. The molecule has 1 atom stereocenters. The summed E-state index contributed by atoms with van der Waals surface area (Å²) >= 11 is 1.35. The Morgan fingerprint density at radius 2 is 1.90 bits per heavy atom. The van der Waals surface area contributed by atoms with E-state index in [1.54, 1.807) is 13.8 Å². The first-order chi connectivity index (χ1) is 9.33. The van der Waals surface area contributed by atoms with Gasteiger partial charge in [-0.1, -0.05) is 30.3 Å². The molecule has 0 aliphatic carbocycles. The lowest BCUT2D eigenvalue weighted by Crippen LogP contribution is -2.42. The lowest BCUT2D eigenvalue weighted by atomic mass is 10.2. The van der Waals surface area contributed by atoms with E-state index in [0.717, 1.165) is 10.5 Å². The Morgan fingerprint density at radius 3 is 2.40 bits per heavy atom. The standard InChI is InChI=1S/C14H18F3NOS/c1-3-18(10-14(15,16)17)13(19)11(2)20-9-12-7-5-4-6-8-12/h4-8,11H,3,9-10H2,1-2H3. The Morgan fingerprint density at radius 1 is 1.30 bits per heavy atom. The van der Waals surface area contributed by atoms with Crippen molar-refractivity contribution in [1.82, 2.24) is 4.90 Å². The first-order valence-corrected chi connectivity index (χ1v) is 7.39. The molecule has 0 aliphatic heterocycles. The van der Waals surface area contributed by atoms with Crippen LogP contribution in [0.25, 0.3) is 0 Å². The van der Waals surface area contributed by atoms with Crippen molar-refractivity contribution in [3.63, 3.8) is 0 Å². The van der Waals surface area contributed by atoms with Crippen molar-refractivity contribution >= 4 is 17.7 Å². The van der Waals surface area contributed by atoms with Crippen molar-refractivity contribution in [2.45, 2.75) is 31.0 Å². The van der Waals surface area contributed by atoms with Crippen molar-refractivity contribution in [3.8, 4) is 0 Å². The highest BCUT2D eigenvalue weighted by molar-refractivity contribution is 7.99. The molecule has 0 saturated carbocycles. The number of nitrogens with zero attached hydrogens (tertiary/aromatic N) is 1. The predicted molar refractivity (Wildman–Crippen MR) is 75.5 cm³/mol. The lowest BCUT2D eigenvalue weighted by molar-refractivity contribution is -0.160. The summed E-state index contributed by atoms with van der Waals surface area (Å²) in [6.45, 7) is 2.08. The molecule has 1 rings (SSSR count). The largest absolute Gasteiger partial charge is 0.406 e. The SMILES string of the molecule is CCN(CC(F)(F)F)C(=O)C(C)SCc1ccccc1. The summed E-state index contributed by atoms with van der Waals surface area (Å²) in [5, 5.41) is -0.488. The quantitative estimate of drug-likeness (QED) is 0.798. The summed E-state index contributed by atoms with van der Waals surface area (Å²) in [4.78, 5) is 12.8. The lowest BCUT2D eigenvalue weighted by Gasteiger charge is -2.25. The molecule has 1 aromatic rings. The topological polar surface area (TPSA) is 20.3 Å². The molecule has 6 heteroatoms. The van der Waals surface area contributed by atoms with Crippen LogP contribution in [-0.2, 0) is 10.5 Å². The minimum atomic E-state index is -4.35. The molecular formula is C14H18F3NOS. The van der Waals surface area contributed by atoms with Crippen molar-refractivity contribution in [2.24, 2.45) is 0 Å². The van der Waals surface area contributed by atoms with Crippen molar-refractivity contribution < 1.29 is 18.0 Å². The predicted octanol–water partition coefficient (Wildman–Crippen LogP) is 3.72. The van der Waals surface area contributed by atoms with Gasteiger partial charge in [0.1, 0.15) is 6.54 Å². The van der Waals surface area contributed by atoms with E-state index < -0.39 is 23.9 Å². The van der Waals surface area contributed by atoms with Crippen molar-refractivity contribution in [3.05, 3.63) is 35.9 Å². The number of rotatable bonds is 6. The second-order valence-corrected chi connectivity index (χ2v) is 5.74. The van der Waals surface area contributed by atoms with E-state index in [1.807, 2.05) is 30.3 Å². The van der Waals surface area contributed by atoms with Crippen LogP contribution in [0.2, 0.25) is 0 Å². The number of carbonyl (C=O) groups is 1. The summed E-state index contributed by atoms with van der Waals surface area (Å²) in [6, 6.07) is 9.54. The normalized spacial score (nSPS) is 13.1. The number of benzene rings is 1. The summed E-state index contributed by atoms with van der Waals surface area (Å²) in [5.41, 5.74) is 1.05. The van der Waals surface area contributed by atoms with Gasteiger partial charge in [0.05, 0.1) is 5.25 Å². The van der Waals surface area contributed by atoms with Crippen LogP contribution in [-0.4, -0.2) is 35.3 Å². The number of hydrogen-bond donors (Lipinski definition) is 0. The minimum absolute atomic E-state index is 0.0641. The van der Waals surface area contributed by atoms with Gasteiger partial charge in [0.2, 0.25) is 5.91 Å². The zero-order valence-electron chi connectivity index (χ0n) is 11.5. The van der Waals surface area contributed by atoms with E-state index in [1.165, 1.54) is 11.8 Å². The Balaban J connectivity index is 2.52. The zero-order valence-corrected chi connectivity index (χ0v) is 12.3. The van der Waals surface area contributed by atoms with E-state index in [0.29, 0.717) is 5.75 Å². The maximum absolute atomic E-state index is 12.4. The molecular weight excluding hydrogens is 287 g/mol. The smallest absolute Gasteiger partial charge is 0.333 e. The second-order valence-electron chi connectivity index (χ2n) is 4.41. The number of alkyl halides is 3. The number of hydrogen-bond acceptors (Lipinski definition) is 2. The van der Waals surface area contributed by atoms with Gasteiger partial charge in [0.15, 0.2) is 0 Å². The summed E-state index contributed by atoms with van der Waals surface area (Å²) in [6.07, 6.45) is -4.35. The van der Waals surface area contributed by atoms with Crippen molar-refractivity contribution in [1.29, 1.82) is 0 Å². The van der Waals surface area contributed by atoms with Crippen LogP contribution in [0.3, 0.4) is 0 Å². The highest BCUT2D eigenvalue weighted by atomic mass is 32.2. The molecule has 20 heavy (non-hydrogen) atoms. The van der Waals surface area contributed by atoms with Crippen LogP contribution in [0, 0.1) is 0 Å². The average Bonchev–Trinajstić information content (AvgIpc) is 2.41. The highest BCUT2D eigenvalue weighted by Crippen LogP contribution is 2.22. The van der Waals surface area contributed by atoms with E-state index >= 15 is 0 Å². The van der Waals surface area contributed by atoms with Gasteiger partial charge in [-0.3, -0.25) is 4.79 Å². The Bertz CT molecular complexity index is 422. The molecule has 0 fully saturated rings. The van der Waals surface area contributed by atoms with E-state index in [4.69, 9.17) is 0 Å². The van der Waals surface area contributed by atoms with Crippen LogP contribution in [0.15, 0.2) is 30.3 Å². The fourth-order valence-electron chi connectivity index (χ4n) is 1.69. The molecule has 112 valence electrons. The number of amides is 1. The first-order valence-electron chi connectivity index (χ1n) is 6.34. The Labute approximate surface area is 121 Å².